The largest absolute Gasteiger partial charge is 0.486 e. The quantitative estimate of drug-likeness (QED) is 0.709. The zero-order valence-corrected chi connectivity index (χ0v) is 11.2. The Morgan fingerprint density at radius 2 is 1.81 bits per heavy atom. The third-order valence-corrected chi connectivity index (χ3v) is 3.32. The van der Waals surface area contributed by atoms with Gasteiger partial charge in [0.05, 0.1) is 11.6 Å². The molecule has 0 amide bonds. The normalized spacial score (nSPS) is 10.3. The molecule has 2 nitrogen and oxygen atoms in total. The predicted molar refractivity (Wildman–Crippen MR) is 79.4 cm³/mol. The number of benzene rings is 3. The van der Waals surface area contributed by atoms with Gasteiger partial charge in [0.2, 0.25) is 0 Å². The Hall–Kier alpha value is -2.86. The molecule has 0 saturated carbocycles. The molecule has 0 spiro atoms. The van der Waals surface area contributed by atoms with E-state index in [1.54, 1.807) is 6.07 Å². The van der Waals surface area contributed by atoms with Crippen molar-refractivity contribution in [1.82, 2.24) is 0 Å². The van der Waals surface area contributed by atoms with Crippen molar-refractivity contribution in [3.05, 3.63) is 77.6 Å². The maximum Gasteiger partial charge on any atom is 0.166 e. The maximum absolute atomic E-state index is 13.8. The van der Waals surface area contributed by atoms with Crippen molar-refractivity contribution in [1.29, 1.82) is 5.26 Å². The van der Waals surface area contributed by atoms with Crippen LogP contribution in [0.25, 0.3) is 10.8 Å². The van der Waals surface area contributed by atoms with E-state index in [1.165, 1.54) is 12.1 Å². The second kappa shape index (κ2) is 5.64. The number of nitriles is 1. The summed E-state index contributed by atoms with van der Waals surface area (Å²) in [6.07, 6.45) is 0. The summed E-state index contributed by atoms with van der Waals surface area (Å²) in [6.45, 7) is 0.282. The van der Waals surface area contributed by atoms with E-state index in [2.05, 4.69) is 0 Å². The Balaban J connectivity index is 1.86. The van der Waals surface area contributed by atoms with Gasteiger partial charge in [0.25, 0.3) is 0 Å². The van der Waals surface area contributed by atoms with Gasteiger partial charge in [-0.05, 0) is 34.5 Å². The number of nitrogens with zero attached hydrogens (tertiary/aromatic N) is 1. The van der Waals surface area contributed by atoms with Gasteiger partial charge in [-0.25, -0.2) is 4.39 Å². The summed E-state index contributed by atoms with van der Waals surface area (Å²) in [7, 11) is 0. The number of ether oxygens (including phenoxy) is 1. The summed E-state index contributed by atoms with van der Waals surface area (Å²) in [4.78, 5) is 0. The molecule has 0 saturated heterocycles. The van der Waals surface area contributed by atoms with Crippen LogP contribution >= 0.6 is 0 Å². The first-order valence-corrected chi connectivity index (χ1v) is 6.57. The lowest BCUT2D eigenvalue weighted by Gasteiger charge is -2.10. The van der Waals surface area contributed by atoms with Gasteiger partial charge in [-0.15, -0.1) is 0 Å². The summed E-state index contributed by atoms with van der Waals surface area (Å²) in [5, 5.41) is 10.9. The molecule has 21 heavy (non-hydrogen) atoms. The molecular formula is C18H12FNO. The Bertz CT molecular complexity index is 831. The molecular weight excluding hydrogens is 265 g/mol. The van der Waals surface area contributed by atoms with Crippen molar-refractivity contribution in [3.63, 3.8) is 0 Å². The molecule has 0 bridgehead atoms. The molecule has 0 aromatic heterocycles. The minimum atomic E-state index is -0.519. The Labute approximate surface area is 122 Å². The molecule has 3 aromatic rings. The van der Waals surface area contributed by atoms with Gasteiger partial charge in [-0.2, -0.15) is 5.26 Å². The predicted octanol–water partition coefficient (Wildman–Crippen LogP) is 4.43. The summed E-state index contributed by atoms with van der Waals surface area (Å²) in [5.74, 6) is -0.365. The lowest BCUT2D eigenvalue weighted by Crippen LogP contribution is -1.98. The molecule has 0 aliphatic heterocycles. The van der Waals surface area contributed by atoms with E-state index >= 15 is 0 Å². The number of hydrogen-bond acceptors (Lipinski definition) is 2. The van der Waals surface area contributed by atoms with Crippen LogP contribution in [0.5, 0.6) is 5.75 Å². The van der Waals surface area contributed by atoms with Crippen LogP contribution in [0.15, 0.2) is 60.7 Å². The van der Waals surface area contributed by atoms with E-state index < -0.39 is 5.82 Å². The summed E-state index contributed by atoms with van der Waals surface area (Å²) in [6, 6.07) is 20.0. The molecule has 3 aromatic carbocycles. The van der Waals surface area contributed by atoms with Crippen LogP contribution in [0.3, 0.4) is 0 Å². The summed E-state index contributed by atoms with van der Waals surface area (Å²) in [5.41, 5.74) is 1.28. The second-order valence-electron chi connectivity index (χ2n) is 4.68. The average molecular weight is 277 g/mol. The van der Waals surface area contributed by atoms with Crippen LogP contribution in [0.2, 0.25) is 0 Å². The van der Waals surface area contributed by atoms with Crippen molar-refractivity contribution in [2.24, 2.45) is 0 Å². The zero-order chi connectivity index (χ0) is 14.7. The van der Waals surface area contributed by atoms with Crippen LogP contribution in [0.1, 0.15) is 11.1 Å². The summed E-state index contributed by atoms with van der Waals surface area (Å²) >= 11 is 0. The van der Waals surface area contributed by atoms with Crippen molar-refractivity contribution in [2.75, 3.05) is 0 Å². The van der Waals surface area contributed by atoms with E-state index in [0.717, 1.165) is 16.3 Å². The standard InChI is InChI=1S/C18H12FNO/c19-17-10-13(11-20)8-9-18(17)21-12-15-6-3-5-14-4-1-2-7-16(14)15/h1-10H,12H2. The third-order valence-electron chi connectivity index (χ3n) is 3.32. The van der Waals surface area contributed by atoms with Gasteiger partial charge < -0.3 is 4.74 Å². The fourth-order valence-corrected chi connectivity index (χ4v) is 2.26. The molecule has 102 valence electrons. The average Bonchev–Trinajstić information content (AvgIpc) is 2.53. The minimum Gasteiger partial charge on any atom is -0.486 e. The fraction of sp³-hybridized carbons (Fsp3) is 0.0556. The molecule has 0 fully saturated rings. The van der Waals surface area contributed by atoms with E-state index in [1.807, 2.05) is 48.5 Å². The molecule has 0 aliphatic carbocycles. The van der Waals surface area contributed by atoms with E-state index in [4.69, 9.17) is 10.00 Å². The first kappa shape index (κ1) is 13.1. The van der Waals surface area contributed by atoms with E-state index in [0.29, 0.717) is 0 Å². The number of hydrogen-bond donors (Lipinski definition) is 0. The SMILES string of the molecule is N#Cc1ccc(OCc2cccc3ccccc23)c(F)c1. The fourth-order valence-electron chi connectivity index (χ4n) is 2.26. The van der Waals surface area contributed by atoms with Crippen LogP contribution in [-0.4, -0.2) is 0 Å². The monoisotopic (exact) mass is 277 g/mol. The number of halogens is 1. The smallest absolute Gasteiger partial charge is 0.166 e. The second-order valence-corrected chi connectivity index (χ2v) is 4.68. The van der Waals surface area contributed by atoms with Gasteiger partial charge in [0.15, 0.2) is 11.6 Å². The molecule has 0 heterocycles. The lowest BCUT2D eigenvalue weighted by atomic mass is 10.1. The maximum atomic E-state index is 13.8. The molecule has 0 N–H and O–H groups in total. The molecule has 0 unspecified atom stereocenters. The first-order chi connectivity index (χ1) is 10.3. The van der Waals surface area contributed by atoms with Crippen LogP contribution in [0, 0.1) is 17.1 Å². The minimum absolute atomic E-state index is 0.155. The molecule has 3 rings (SSSR count). The molecule has 0 radical (unpaired) electrons. The molecule has 0 aliphatic rings. The van der Waals surface area contributed by atoms with Gasteiger partial charge >= 0.3 is 0 Å². The highest BCUT2D eigenvalue weighted by atomic mass is 19.1. The Kier molecular flexibility index (Phi) is 3.53. The van der Waals surface area contributed by atoms with Crippen LogP contribution in [0.4, 0.5) is 4.39 Å². The van der Waals surface area contributed by atoms with Crippen LogP contribution < -0.4 is 4.74 Å². The number of fused-ring (bicyclic) bond motifs is 1. The van der Waals surface area contributed by atoms with Crippen molar-refractivity contribution in [2.45, 2.75) is 6.61 Å². The van der Waals surface area contributed by atoms with Crippen molar-refractivity contribution < 1.29 is 9.13 Å². The third kappa shape index (κ3) is 2.70. The van der Waals surface area contributed by atoms with E-state index in [-0.39, 0.29) is 17.9 Å². The van der Waals surface area contributed by atoms with Gasteiger partial charge in [-0.3, -0.25) is 0 Å². The van der Waals surface area contributed by atoms with Crippen LogP contribution in [-0.2, 0) is 6.61 Å². The Morgan fingerprint density at radius 1 is 1.00 bits per heavy atom. The topological polar surface area (TPSA) is 33.0 Å². The van der Waals surface area contributed by atoms with Crippen molar-refractivity contribution >= 4 is 10.8 Å². The number of rotatable bonds is 3. The van der Waals surface area contributed by atoms with Crippen molar-refractivity contribution in [3.8, 4) is 11.8 Å². The van der Waals surface area contributed by atoms with Gasteiger partial charge in [-0.1, -0.05) is 42.5 Å². The molecule has 0 atom stereocenters. The van der Waals surface area contributed by atoms with Gasteiger partial charge in [0.1, 0.15) is 6.61 Å². The summed E-state index contributed by atoms with van der Waals surface area (Å²) < 4.78 is 19.3. The highest BCUT2D eigenvalue weighted by Gasteiger charge is 2.06. The molecule has 3 heteroatoms. The Morgan fingerprint density at radius 3 is 2.62 bits per heavy atom. The first-order valence-electron chi connectivity index (χ1n) is 6.57. The zero-order valence-electron chi connectivity index (χ0n) is 11.2. The van der Waals surface area contributed by atoms with Gasteiger partial charge in [0, 0.05) is 0 Å². The highest BCUT2D eigenvalue weighted by Crippen LogP contribution is 2.22. The van der Waals surface area contributed by atoms with E-state index in [9.17, 15) is 4.39 Å². The highest BCUT2D eigenvalue weighted by molar-refractivity contribution is 5.85. The lowest BCUT2D eigenvalue weighted by molar-refractivity contribution is 0.291.